The van der Waals surface area contributed by atoms with Crippen LogP contribution in [0, 0.1) is 0 Å². The first-order valence-corrected chi connectivity index (χ1v) is 8.93. The molecule has 2 aliphatic rings. The SMILES string of the molecule is CCc1nc(C2CCCC2)nc(CC)c1CCNC1CC1. The number of aromatic nitrogens is 2. The number of nitrogens with zero attached hydrogens (tertiary/aromatic N) is 2. The Bertz CT molecular complexity index is 448. The lowest BCUT2D eigenvalue weighted by Gasteiger charge is -2.16. The van der Waals surface area contributed by atoms with Gasteiger partial charge in [0.1, 0.15) is 5.82 Å². The van der Waals surface area contributed by atoms with E-state index < -0.39 is 0 Å². The van der Waals surface area contributed by atoms with E-state index in [-0.39, 0.29) is 0 Å². The van der Waals surface area contributed by atoms with Crippen LogP contribution < -0.4 is 5.32 Å². The maximum absolute atomic E-state index is 4.96. The molecule has 0 bridgehead atoms. The Morgan fingerprint density at radius 1 is 0.952 bits per heavy atom. The fourth-order valence-corrected chi connectivity index (χ4v) is 3.53. The van der Waals surface area contributed by atoms with Crippen LogP contribution in [0.5, 0.6) is 0 Å². The lowest BCUT2D eigenvalue weighted by Crippen LogP contribution is -2.21. The third kappa shape index (κ3) is 3.63. The van der Waals surface area contributed by atoms with E-state index in [2.05, 4.69) is 19.2 Å². The monoisotopic (exact) mass is 287 g/mol. The molecule has 3 rings (SSSR count). The fourth-order valence-electron chi connectivity index (χ4n) is 3.53. The van der Waals surface area contributed by atoms with Gasteiger partial charge in [-0.05, 0) is 57.1 Å². The van der Waals surface area contributed by atoms with Crippen LogP contribution in [-0.4, -0.2) is 22.6 Å². The van der Waals surface area contributed by atoms with Gasteiger partial charge >= 0.3 is 0 Å². The molecular weight excluding hydrogens is 258 g/mol. The summed E-state index contributed by atoms with van der Waals surface area (Å²) in [6, 6.07) is 0.791. The first-order chi connectivity index (χ1) is 10.3. The van der Waals surface area contributed by atoms with Crippen molar-refractivity contribution in [1.29, 1.82) is 0 Å². The lowest BCUT2D eigenvalue weighted by atomic mass is 10.0. The van der Waals surface area contributed by atoms with E-state index >= 15 is 0 Å². The Balaban J connectivity index is 1.78. The standard InChI is InChI=1S/C18H29N3/c1-3-16-15(11-12-19-14-9-10-14)17(4-2)21-18(20-16)13-7-5-6-8-13/h13-14,19H,3-12H2,1-2H3. The number of aryl methyl sites for hydroxylation is 2. The molecule has 1 N–H and O–H groups in total. The van der Waals surface area contributed by atoms with Crippen LogP contribution >= 0.6 is 0 Å². The molecule has 1 aromatic rings. The Hall–Kier alpha value is -0.960. The highest BCUT2D eigenvalue weighted by molar-refractivity contribution is 5.28. The van der Waals surface area contributed by atoms with Crippen molar-refractivity contribution in [2.45, 2.75) is 83.6 Å². The molecule has 2 aliphatic carbocycles. The third-order valence-corrected chi connectivity index (χ3v) is 4.97. The van der Waals surface area contributed by atoms with E-state index in [4.69, 9.17) is 9.97 Å². The van der Waals surface area contributed by atoms with Crippen molar-refractivity contribution >= 4 is 0 Å². The van der Waals surface area contributed by atoms with Gasteiger partial charge in [0.2, 0.25) is 0 Å². The molecule has 0 aliphatic heterocycles. The summed E-state index contributed by atoms with van der Waals surface area (Å²) in [5.74, 6) is 1.76. The fraction of sp³-hybridized carbons (Fsp3) is 0.778. The normalized spacial score (nSPS) is 19.3. The van der Waals surface area contributed by atoms with Crippen molar-refractivity contribution in [2.24, 2.45) is 0 Å². The summed E-state index contributed by atoms with van der Waals surface area (Å²) in [6.45, 7) is 5.55. The number of nitrogens with one attached hydrogen (secondary N) is 1. The summed E-state index contributed by atoms with van der Waals surface area (Å²) in [6.07, 6.45) is 11.2. The van der Waals surface area contributed by atoms with E-state index in [1.807, 2.05) is 0 Å². The third-order valence-electron chi connectivity index (χ3n) is 4.97. The number of hydrogen-bond acceptors (Lipinski definition) is 3. The summed E-state index contributed by atoms with van der Waals surface area (Å²) < 4.78 is 0. The topological polar surface area (TPSA) is 37.8 Å². The largest absolute Gasteiger partial charge is 0.314 e. The first kappa shape index (κ1) is 15.0. The van der Waals surface area contributed by atoms with Gasteiger partial charge < -0.3 is 5.32 Å². The summed E-state index contributed by atoms with van der Waals surface area (Å²) in [5.41, 5.74) is 4.04. The highest BCUT2D eigenvalue weighted by Crippen LogP contribution is 2.33. The van der Waals surface area contributed by atoms with E-state index in [0.29, 0.717) is 5.92 Å². The Morgan fingerprint density at radius 3 is 2.10 bits per heavy atom. The lowest BCUT2D eigenvalue weighted by molar-refractivity contribution is 0.636. The molecule has 0 aromatic carbocycles. The van der Waals surface area contributed by atoms with Gasteiger partial charge in [-0.3, -0.25) is 0 Å². The highest BCUT2D eigenvalue weighted by atomic mass is 14.9. The minimum atomic E-state index is 0.624. The zero-order valence-electron chi connectivity index (χ0n) is 13.6. The van der Waals surface area contributed by atoms with E-state index in [1.165, 1.54) is 55.5 Å². The van der Waals surface area contributed by atoms with Crippen molar-refractivity contribution in [2.75, 3.05) is 6.54 Å². The smallest absolute Gasteiger partial charge is 0.131 e. The maximum Gasteiger partial charge on any atom is 0.131 e. The zero-order chi connectivity index (χ0) is 14.7. The molecular formula is C18H29N3. The van der Waals surface area contributed by atoms with Gasteiger partial charge in [-0.25, -0.2) is 9.97 Å². The summed E-state index contributed by atoms with van der Waals surface area (Å²) in [7, 11) is 0. The predicted molar refractivity (Wildman–Crippen MR) is 86.7 cm³/mol. The second-order valence-electron chi connectivity index (χ2n) is 6.62. The summed E-state index contributed by atoms with van der Waals surface area (Å²) >= 11 is 0. The molecule has 3 nitrogen and oxygen atoms in total. The Kier molecular flexibility index (Phi) is 4.89. The highest BCUT2D eigenvalue weighted by Gasteiger charge is 2.23. The molecule has 0 amide bonds. The van der Waals surface area contributed by atoms with Gasteiger partial charge in [-0.15, -0.1) is 0 Å². The molecule has 0 atom stereocenters. The van der Waals surface area contributed by atoms with Gasteiger partial charge in [0.15, 0.2) is 0 Å². The Morgan fingerprint density at radius 2 is 1.57 bits per heavy atom. The van der Waals surface area contributed by atoms with Gasteiger partial charge in [0.05, 0.1) is 0 Å². The molecule has 2 fully saturated rings. The van der Waals surface area contributed by atoms with Crippen molar-refractivity contribution in [3.8, 4) is 0 Å². The quantitative estimate of drug-likeness (QED) is 0.833. The second-order valence-corrected chi connectivity index (χ2v) is 6.62. The van der Waals surface area contributed by atoms with Crippen LogP contribution in [0.1, 0.15) is 81.1 Å². The zero-order valence-corrected chi connectivity index (χ0v) is 13.6. The van der Waals surface area contributed by atoms with E-state index in [0.717, 1.165) is 37.7 Å². The molecule has 1 aromatic heterocycles. The average molecular weight is 287 g/mol. The van der Waals surface area contributed by atoms with Gasteiger partial charge in [-0.1, -0.05) is 26.7 Å². The van der Waals surface area contributed by atoms with Crippen LogP contribution in [0.25, 0.3) is 0 Å². The van der Waals surface area contributed by atoms with Crippen LogP contribution in [0.4, 0.5) is 0 Å². The van der Waals surface area contributed by atoms with Crippen molar-refractivity contribution < 1.29 is 0 Å². The van der Waals surface area contributed by atoms with Crippen molar-refractivity contribution in [1.82, 2.24) is 15.3 Å². The van der Waals surface area contributed by atoms with Gasteiger partial charge in [0, 0.05) is 23.3 Å². The molecule has 0 unspecified atom stereocenters. The maximum atomic E-state index is 4.96. The number of rotatable bonds is 7. The minimum Gasteiger partial charge on any atom is -0.314 e. The van der Waals surface area contributed by atoms with Crippen LogP contribution in [0.3, 0.4) is 0 Å². The summed E-state index contributed by atoms with van der Waals surface area (Å²) in [4.78, 5) is 9.91. The molecule has 21 heavy (non-hydrogen) atoms. The van der Waals surface area contributed by atoms with Gasteiger partial charge in [0.25, 0.3) is 0 Å². The van der Waals surface area contributed by atoms with Crippen LogP contribution in [0.2, 0.25) is 0 Å². The van der Waals surface area contributed by atoms with E-state index in [1.54, 1.807) is 0 Å². The predicted octanol–water partition coefficient (Wildman–Crippen LogP) is 3.55. The van der Waals surface area contributed by atoms with Gasteiger partial charge in [-0.2, -0.15) is 0 Å². The first-order valence-electron chi connectivity index (χ1n) is 8.93. The molecule has 0 saturated heterocycles. The van der Waals surface area contributed by atoms with Crippen LogP contribution in [0.15, 0.2) is 0 Å². The number of hydrogen-bond donors (Lipinski definition) is 1. The Labute approximate surface area is 129 Å². The molecule has 1 heterocycles. The molecule has 3 heteroatoms. The van der Waals surface area contributed by atoms with Crippen molar-refractivity contribution in [3.63, 3.8) is 0 Å². The van der Waals surface area contributed by atoms with Crippen LogP contribution in [-0.2, 0) is 19.3 Å². The van der Waals surface area contributed by atoms with E-state index in [9.17, 15) is 0 Å². The average Bonchev–Trinajstić information content (AvgIpc) is 3.17. The van der Waals surface area contributed by atoms with Crippen molar-refractivity contribution in [3.05, 3.63) is 22.8 Å². The minimum absolute atomic E-state index is 0.624. The molecule has 0 spiro atoms. The second kappa shape index (κ2) is 6.87. The molecule has 0 radical (unpaired) electrons. The molecule has 2 saturated carbocycles. The summed E-state index contributed by atoms with van der Waals surface area (Å²) in [5, 5.41) is 3.62. The molecule has 116 valence electrons.